The average molecular weight is 367 g/mol. The molecule has 27 heavy (non-hydrogen) atoms. The van der Waals surface area contributed by atoms with E-state index in [0.29, 0.717) is 18.7 Å². The summed E-state index contributed by atoms with van der Waals surface area (Å²) in [6, 6.07) is 21.1. The number of hydrogen-bond donors (Lipinski definition) is 0. The molecule has 0 bridgehead atoms. The van der Waals surface area contributed by atoms with E-state index in [4.69, 9.17) is 4.74 Å². The van der Waals surface area contributed by atoms with E-state index in [0.717, 1.165) is 24.1 Å². The summed E-state index contributed by atoms with van der Waals surface area (Å²) in [5.41, 5.74) is 3.45. The zero-order chi connectivity index (χ0) is 19.8. The fourth-order valence-electron chi connectivity index (χ4n) is 3.59. The van der Waals surface area contributed by atoms with Gasteiger partial charge in [0.15, 0.2) is 0 Å². The molecule has 0 amide bonds. The van der Waals surface area contributed by atoms with Crippen LogP contribution in [0.3, 0.4) is 0 Å². The van der Waals surface area contributed by atoms with Crippen LogP contribution in [0.1, 0.15) is 63.6 Å². The standard InChI is InChI=1S/C24H32NO2/c1-18(2)25(19(3)4)15-14-24(22-11-7-6-8-12-22)23-13-9-10-21(16-23)17-27-20(5)26/h6-12,16,18-19,24H,14-15,17H2,1-5H3. The van der Waals surface area contributed by atoms with Gasteiger partial charge in [0.25, 0.3) is 0 Å². The SMILES string of the molecule is CC(=O)OCc1cc[c]c(C(CCN(C(C)C)C(C)C)c2ccccc2)c1. The van der Waals surface area contributed by atoms with Crippen molar-refractivity contribution in [3.05, 3.63) is 71.3 Å². The van der Waals surface area contributed by atoms with E-state index in [-0.39, 0.29) is 11.9 Å². The van der Waals surface area contributed by atoms with Gasteiger partial charge in [-0.3, -0.25) is 9.69 Å². The summed E-state index contributed by atoms with van der Waals surface area (Å²) in [7, 11) is 0. The Kier molecular flexibility index (Phi) is 8.05. The summed E-state index contributed by atoms with van der Waals surface area (Å²) in [6.45, 7) is 11.8. The van der Waals surface area contributed by atoms with Crippen molar-refractivity contribution in [2.24, 2.45) is 0 Å². The summed E-state index contributed by atoms with van der Waals surface area (Å²) in [4.78, 5) is 13.7. The Morgan fingerprint density at radius 3 is 2.33 bits per heavy atom. The monoisotopic (exact) mass is 366 g/mol. The lowest BCUT2D eigenvalue weighted by Crippen LogP contribution is -2.38. The Hall–Kier alpha value is -2.13. The molecular formula is C24H32NO2. The number of esters is 1. The van der Waals surface area contributed by atoms with Crippen LogP contribution in [-0.4, -0.2) is 29.5 Å². The average Bonchev–Trinajstić information content (AvgIpc) is 2.64. The van der Waals surface area contributed by atoms with Crippen LogP contribution in [0, 0.1) is 6.07 Å². The Morgan fingerprint density at radius 1 is 1.07 bits per heavy atom. The molecule has 2 aromatic carbocycles. The zero-order valence-electron chi connectivity index (χ0n) is 17.2. The van der Waals surface area contributed by atoms with Crippen molar-refractivity contribution in [1.29, 1.82) is 0 Å². The minimum absolute atomic E-state index is 0.256. The maximum Gasteiger partial charge on any atom is 0.302 e. The lowest BCUT2D eigenvalue weighted by molar-refractivity contribution is -0.142. The van der Waals surface area contributed by atoms with Gasteiger partial charge in [-0.15, -0.1) is 0 Å². The van der Waals surface area contributed by atoms with Gasteiger partial charge >= 0.3 is 5.97 Å². The fraction of sp³-hybridized carbons (Fsp3) is 0.458. The van der Waals surface area contributed by atoms with Crippen molar-refractivity contribution in [2.45, 2.75) is 65.6 Å². The normalized spacial score (nSPS) is 12.6. The molecule has 0 spiro atoms. The first-order chi connectivity index (χ1) is 12.9. The Labute approximate surface area is 164 Å². The highest BCUT2D eigenvalue weighted by atomic mass is 16.5. The predicted octanol–water partition coefficient (Wildman–Crippen LogP) is 5.19. The topological polar surface area (TPSA) is 29.5 Å². The zero-order valence-corrected chi connectivity index (χ0v) is 17.2. The number of rotatable bonds is 9. The van der Waals surface area contributed by atoms with Crippen LogP contribution in [0.5, 0.6) is 0 Å². The molecule has 1 atom stereocenters. The van der Waals surface area contributed by atoms with Crippen molar-refractivity contribution < 1.29 is 9.53 Å². The van der Waals surface area contributed by atoms with Crippen LogP contribution in [0.25, 0.3) is 0 Å². The number of hydrogen-bond acceptors (Lipinski definition) is 3. The highest BCUT2D eigenvalue weighted by molar-refractivity contribution is 5.65. The predicted molar refractivity (Wildman–Crippen MR) is 111 cm³/mol. The van der Waals surface area contributed by atoms with E-state index in [9.17, 15) is 4.79 Å². The fourth-order valence-corrected chi connectivity index (χ4v) is 3.59. The molecule has 0 aliphatic heterocycles. The first-order valence-electron chi connectivity index (χ1n) is 9.83. The maximum atomic E-state index is 11.1. The molecular weight excluding hydrogens is 334 g/mol. The molecule has 0 aliphatic rings. The minimum Gasteiger partial charge on any atom is -0.461 e. The van der Waals surface area contributed by atoms with Gasteiger partial charge in [0.05, 0.1) is 0 Å². The lowest BCUT2D eigenvalue weighted by Gasteiger charge is -2.32. The van der Waals surface area contributed by atoms with Gasteiger partial charge in [-0.05, 0) is 63.4 Å². The number of benzene rings is 2. The quantitative estimate of drug-likeness (QED) is 0.572. The Bertz CT molecular complexity index is 701. The van der Waals surface area contributed by atoms with Gasteiger partial charge in [-0.2, -0.15) is 0 Å². The summed E-state index contributed by atoms with van der Waals surface area (Å²) < 4.78 is 5.17. The van der Waals surface area contributed by atoms with Crippen LogP contribution in [0.2, 0.25) is 0 Å². The molecule has 2 rings (SSSR count). The molecule has 0 fully saturated rings. The van der Waals surface area contributed by atoms with Gasteiger partial charge in [0, 0.05) is 24.9 Å². The van der Waals surface area contributed by atoms with Gasteiger partial charge < -0.3 is 4.74 Å². The molecule has 0 aliphatic carbocycles. The third-order valence-electron chi connectivity index (χ3n) is 4.91. The second-order valence-electron chi connectivity index (χ2n) is 7.61. The van der Waals surface area contributed by atoms with Crippen LogP contribution in [0.4, 0.5) is 0 Å². The molecule has 0 saturated heterocycles. The van der Waals surface area contributed by atoms with E-state index in [1.54, 1.807) is 0 Å². The van der Waals surface area contributed by atoms with Crippen LogP contribution in [-0.2, 0) is 16.1 Å². The van der Waals surface area contributed by atoms with Crippen LogP contribution < -0.4 is 0 Å². The highest BCUT2D eigenvalue weighted by Crippen LogP contribution is 2.29. The number of carbonyl (C=O) groups excluding carboxylic acids is 1. The number of nitrogens with zero attached hydrogens (tertiary/aromatic N) is 1. The highest BCUT2D eigenvalue weighted by Gasteiger charge is 2.19. The molecule has 1 unspecified atom stereocenters. The van der Waals surface area contributed by atoms with E-state index < -0.39 is 0 Å². The first-order valence-corrected chi connectivity index (χ1v) is 9.83. The molecule has 145 valence electrons. The molecule has 0 saturated carbocycles. The summed E-state index contributed by atoms with van der Waals surface area (Å²) in [5, 5.41) is 0. The van der Waals surface area contributed by atoms with Gasteiger partial charge in [0.1, 0.15) is 6.61 Å². The van der Waals surface area contributed by atoms with Crippen molar-refractivity contribution in [3.8, 4) is 0 Å². The summed E-state index contributed by atoms with van der Waals surface area (Å²) in [6.07, 6.45) is 1.02. The molecule has 2 aromatic rings. The molecule has 0 heterocycles. The molecule has 3 nitrogen and oxygen atoms in total. The van der Waals surface area contributed by atoms with E-state index in [2.05, 4.69) is 75.1 Å². The lowest BCUT2D eigenvalue weighted by atomic mass is 9.87. The molecule has 1 radical (unpaired) electrons. The van der Waals surface area contributed by atoms with E-state index in [1.165, 1.54) is 12.5 Å². The number of ether oxygens (including phenoxy) is 1. The first kappa shape index (κ1) is 21.2. The second-order valence-corrected chi connectivity index (χ2v) is 7.61. The largest absolute Gasteiger partial charge is 0.461 e. The van der Waals surface area contributed by atoms with Gasteiger partial charge in [0.2, 0.25) is 0 Å². The number of carbonyl (C=O) groups is 1. The van der Waals surface area contributed by atoms with Crippen molar-refractivity contribution in [2.75, 3.05) is 6.54 Å². The maximum absolute atomic E-state index is 11.1. The Balaban J connectivity index is 2.25. The summed E-state index contributed by atoms with van der Waals surface area (Å²) >= 11 is 0. The van der Waals surface area contributed by atoms with Gasteiger partial charge in [-0.25, -0.2) is 0 Å². The van der Waals surface area contributed by atoms with Gasteiger partial charge in [-0.1, -0.05) is 48.5 Å². The van der Waals surface area contributed by atoms with Crippen molar-refractivity contribution in [1.82, 2.24) is 4.90 Å². The summed E-state index contributed by atoms with van der Waals surface area (Å²) in [5.74, 6) is 0.0111. The molecule has 3 heteroatoms. The van der Waals surface area contributed by atoms with Crippen LogP contribution >= 0.6 is 0 Å². The third kappa shape index (κ3) is 6.51. The molecule has 0 N–H and O–H groups in total. The van der Waals surface area contributed by atoms with E-state index >= 15 is 0 Å². The van der Waals surface area contributed by atoms with Crippen LogP contribution in [0.15, 0.2) is 48.5 Å². The minimum atomic E-state index is -0.256. The van der Waals surface area contributed by atoms with Crippen molar-refractivity contribution >= 4 is 5.97 Å². The third-order valence-corrected chi connectivity index (χ3v) is 4.91. The van der Waals surface area contributed by atoms with Crippen molar-refractivity contribution in [3.63, 3.8) is 0 Å². The second kappa shape index (κ2) is 10.3. The smallest absolute Gasteiger partial charge is 0.302 e. The molecule has 0 aromatic heterocycles. The van der Waals surface area contributed by atoms with E-state index in [1.807, 2.05) is 12.1 Å². The Morgan fingerprint density at radius 2 is 1.74 bits per heavy atom.